The molecule has 3 unspecified atom stereocenters. The molecule has 1 aliphatic heterocycles. The van der Waals surface area contributed by atoms with Gasteiger partial charge in [-0.1, -0.05) is 73.8 Å². The number of nitrogens with one attached hydrogen (secondary N) is 3. The molecule has 74 heavy (non-hydrogen) atoms. The molecule has 3 aromatic carbocycles. The van der Waals surface area contributed by atoms with Crippen molar-refractivity contribution in [2.45, 2.75) is 63.8 Å². The molecule has 0 aliphatic carbocycles. The van der Waals surface area contributed by atoms with E-state index in [-0.39, 0.29) is 106 Å². The number of carboxylic acids is 1. The minimum absolute atomic E-state index is 0.0488. The maximum atomic E-state index is 14.0. The third-order valence-corrected chi connectivity index (χ3v) is 11.3. The van der Waals surface area contributed by atoms with Crippen molar-refractivity contribution < 1.29 is 84.5 Å². The number of nitrogens with zero attached hydrogens (tertiary/aromatic N) is 2. The number of halogens is 1. The van der Waals surface area contributed by atoms with E-state index >= 15 is 0 Å². The number of carbonyl (C=O) groups is 8. The number of carboxylic acid groups (broad SMARTS) is 1. The molecule has 19 nitrogen and oxygen atoms in total. The van der Waals surface area contributed by atoms with Gasteiger partial charge in [-0.05, 0) is 94.0 Å². The Kier molecular flexibility index (Phi) is 22.9. The van der Waals surface area contributed by atoms with E-state index in [1.807, 2.05) is 0 Å². The zero-order valence-electron chi connectivity index (χ0n) is 41.3. The maximum absolute atomic E-state index is 14.0. The van der Waals surface area contributed by atoms with Crippen molar-refractivity contribution in [3.63, 3.8) is 0 Å². The molecular weight excluding hydrogens is 1050 g/mol. The van der Waals surface area contributed by atoms with E-state index in [2.05, 4.69) is 29.1 Å². The number of amidine groups is 1. The van der Waals surface area contributed by atoms with Gasteiger partial charge in [0.15, 0.2) is 5.91 Å². The molecule has 0 bridgehead atoms. The van der Waals surface area contributed by atoms with Gasteiger partial charge in [-0.25, -0.2) is 29.0 Å². The van der Waals surface area contributed by atoms with Crippen molar-refractivity contribution in [2.75, 3.05) is 31.7 Å². The summed E-state index contributed by atoms with van der Waals surface area (Å²) < 4.78 is 26.6. The number of thioether (sulfide) groups is 1. The Hall–Kier alpha value is -7.45. The number of esters is 4. The topological polar surface area (TPSA) is 265 Å². The monoisotopic (exact) mass is 1100 g/mol. The van der Waals surface area contributed by atoms with Gasteiger partial charge in [-0.15, -0.1) is 11.8 Å². The van der Waals surface area contributed by atoms with Gasteiger partial charge in [-0.2, -0.15) is 0 Å². The van der Waals surface area contributed by atoms with Crippen LogP contribution in [-0.4, -0.2) is 103 Å². The number of anilines is 1. The van der Waals surface area contributed by atoms with Crippen molar-refractivity contribution in [1.29, 1.82) is 0 Å². The van der Waals surface area contributed by atoms with E-state index in [1.165, 1.54) is 45.9 Å². The second-order valence-electron chi connectivity index (χ2n) is 15.8. The van der Waals surface area contributed by atoms with Crippen LogP contribution in [0.2, 0.25) is 0 Å². The fourth-order valence-corrected chi connectivity index (χ4v) is 7.70. The molecule has 1 aliphatic rings. The average Bonchev–Trinajstić information content (AvgIpc) is 3.92. The molecule has 384 valence electrons. The number of benzene rings is 3. The van der Waals surface area contributed by atoms with E-state index in [9.17, 15) is 43.5 Å². The normalized spacial score (nSPS) is 13.4. The summed E-state index contributed by atoms with van der Waals surface area (Å²) in [7, 11) is 4.76. The first-order chi connectivity index (χ1) is 35.4. The molecular formula is C52H52ClN5O14SZn. The molecule has 5 rings (SSSR count). The molecule has 3 atom stereocenters. The van der Waals surface area contributed by atoms with Crippen LogP contribution < -0.4 is 25.7 Å². The number of hydrogen-bond donors (Lipinski definition) is 4. The van der Waals surface area contributed by atoms with E-state index in [4.69, 9.17) is 43.4 Å². The van der Waals surface area contributed by atoms with Gasteiger partial charge < -0.3 is 49.7 Å². The number of amides is 2. The first-order valence-corrected chi connectivity index (χ1v) is 27.3. The molecule has 0 spiro atoms. The minimum atomic E-state index is -1.29. The second kappa shape index (κ2) is 28.7. The number of aliphatic imine (C=N–C) groups is 1. The molecule has 22 heteroatoms. The molecule has 2 amide bonds. The van der Waals surface area contributed by atoms with E-state index in [0.29, 0.717) is 11.1 Å². The number of ether oxygens (including phenoxy) is 5. The summed E-state index contributed by atoms with van der Waals surface area (Å²) in [5.41, 5.74) is 1.33. The Morgan fingerprint density at radius 1 is 0.824 bits per heavy atom. The predicted molar refractivity (Wildman–Crippen MR) is 273 cm³/mol. The van der Waals surface area contributed by atoms with Crippen LogP contribution in [0.3, 0.4) is 0 Å². The van der Waals surface area contributed by atoms with Crippen LogP contribution in [-0.2, 0) is 65.0 Å². The number of rotatable bonds is 23. The van der Waals surface area contributed by atoms with Crippen LogP contribution in [0.1, 0.15) is 73.5 Å². The zero-order chi connectivity index (χ0) is 54.6. The first-order valence-electron chi connectivity index (χ1n) is 22.5. The van der Waals surface area contributed by atoms with E-state index < -0.39 is 59.1 Å². The summed E-state index contributed by atoms with van der Waals surface area (Å²) in [5, 5.41) is 17.1. The van der Waals surface area contributed by atoms with Crippen LogP contribution in [0.5, 0.6) is 5.75 Å². The van der Waals surface area contributed by atoms with Gasteiger partial charge in [-0.3, -0.25) is 14.4 Å². The summed E-state index contributed by atoms with van der Waals surface area (Å²) >= 11 is 1.79. The molecule has 0 fully saturated rings. The van der Waals surface area contributed by atoms with Crippen molar-refractivity contribution in [3.05, 3.63) is 137 Å². The third kappa shape index (κ3) is 16.0. The van der Waals surface area contributed by atoms with Crippen LogP contribution in [0.15, 0.2) is 124 Å². The van der Waals surface area contributed by atoms with Gasteiger partial charge in [0.25, 0.3) is 6.47 Å². The Balaban J connectivity index is 0.00000585. The standard InChI is InChI=1S/C52H53N5O14S.ClH.Zn/c1-9-67-51(65)42-40(32-17-13-11-14-18-32)38(54-44(42)56-46(59)30(7)53-25-36(71-50(64)29(5)6)26-69-49(63)28(3)4)24-39-41(33-19-15-12-16-20-33)43(52(66)68-10-2)45(55-39)57-47(60)31(8)72-37-22-34(48(61)62)21-35(23-37)70-27-58;;/h11-24,27,30-31,36,53H,3,5,9-10,25-26H2,1-2,4,6-8H3,(H4,54,55,56,57,59,60,61,62,65,66);1H;/q;;+2/p-2. The van der Waals surface area contributed by atoms with Gasteiger partial charge in [0.1, 0.15) is 29.9 Å². The summed E-state index contributed by atoms with van der Waals surface area (Å²) in [6, 6.07) is 20.1. The average molecular weight is 1100 g/mol. The third-order valence-electron chi connectivity index (χ3n) is 10.2. The molecule has 0 saturated heterocycles. The van der Waals surface area contributed by atoms with Crippen LogP contribution >= 0.6 is 21.5 Å². The van der Waals surface area contributed by atoms with Crippen LogP contribution in [0.4, 0.5) is 5.82 Å². The predicted octanol–water partition coefficient (Wildman–Crippen LogP) is 7.00. The zero-order valence-corrected chi connectivity index (χ0v) is 45.8. The van der Waals surface area contributed by atoms with Gasteiger partial charge >= 0.3 is 56.8 Å². The molecule has 0 saturated carbocycles. The van der Waals surface area contributed by atoms with Crippen molar-refractivity contribution in [3.8, 4) is 16.9 Å². The van der Waals surface area contributed by atoms with Gasteiger partial charge in [0.2, 0.25) is 5.91 Å². The molecule has 1 aromatic heterocycles. The van der Waals surface area contributed by atoms with Crippen LogP contribution in [0, 0.1) is 0 Å². The summed E-state index contributed by atoms with van der Waals surface area (Å²) in [6.07, 6.45) is 0.436. The second-order valence-corrected chi connectivity index (χ2v) is 17.2. The van der Waals surface area contributed by atoms with Gasteiger partial charge in [0, 0.05) is 28.2 Å². The van der Waals surface area contributed by atoms with Crippen molar-refractivity contribution in [2.24, 2.45) is 4.99 Å². The number of allylic oxidation sites excluding steroid dienone is 1. The summed E-state index contributed by atoms with van der Waals surface area (Å²) in [4.78, 5) is 113. The van der Waals surface area contributed by atoms with Gasteiger partial charge in [0.05, 0.1) is 41.3 Å². The fourth-order valence-electron chi connectivity index (χ4n) is 6.74. The molecule has 4 N–H and O–H groups in total. The number of carbonyl (C=O) groups excluding carboxylic acids is 7. The number of hydrogen-bond acceptors (Lipinski definition) is 16. The summed E-state index contributed by atoms with van der Waals surface area (Å²) in [5.74, 6) is -6.24. The Bertz CT molecular complexity index is 2880. The Labute approximate surface area is 444 Å². The van der Waals surface area contributed by atoms with E-state index in [0.717, 1.165) is 35.1 Å². The molecule has 2 heterocycles. The van der Waals surface area contributed by atoms with Crippen molar-refractivity contribution in [1.82, 2.24) is 15.6 Å². The van der Waals surface area contributed by atoms with Crippen molar-refractivity contribution >= 4 is 92.9 Å². The molecule has 4 aromatic rings. The SMILES string of the molecule is C=C(C)C(=O)OCC(CNC(C)C(=O)NC1=N/C(=C\c2[n-]c(NC(=O)C(C)Sc3cc(OC=O)cc(C(=O)O)c3)c(C(=O)OCC)c2-c2ccccc2)C(c2ccccc2)=C1C(=O)OCC)OC(=O)C(=C)C.[Cl][Zn+]. The number of aromatic nitrogens is 1. The Morgan fingerprint density at radius 2 is 1.43 bits per heavy atom. The van der Waals surface area contributed by atoms with Crippen LogP contribution in [0.25, 0.3) is 22.8 Å². The van der Waals surface area contributed by atoms with E-state index in [1.54, 1.807) is 74.5 Å². The quantitative estimate of drug-likeness (QED) is 0.0145. The number of aromatic carboxylic acids is 1. The fraction of sp³-hybridized carbons (Fsp3) is 0.250. The first kappa shape index (κ1) is 59.1. The molecule has 0 radical (unpaired) electrons. The summed E-state index contributed by atoms with van der Waals surface area (Å²) in [6.45, 7) is 15.8. The Morgan fingerprint density at radius 3 is 2.01 bits per heavy atom.